The van der Waals surface area contributed by atoms with Gasteiger partial charge in [0.15, 0.2) is 0 Å². The van der Waals surface area contributed by atoms with Crippen LogP contribution in [0.3, 0.4) is 0 Å². The summed E-state index contributed by atoms with van der Waals surface area (Å²) in [5.41, 5.74) is 6.82. The minimum absolute atomic E-state index is 0.240. The molecule has 0 aliphatic heterocycles. The van der Waals surface area contributed by atoms with E-state index in [1.54, 1.807) is 13.8 Å². The zero-order valence-corrected chi connectivity index (χ0v) is 11.9. The molecule has 114 valence electrons. The van der Waals surface area contributed by atoms with Crippen molar-refractivity contribution in [3.05, 3.63) is 29.1 Å². The van der Waals surface area contributed by atoms with E-state index in [-0.39, 0.29) is 6.54 Å². The van der Waals surface area contributed by atoms with Crippen LogP contribution in [0.1, 0.15) is 37.4 Å². The molecule has 0 radical (unpaired) electrons. The first kappa shape index (κ1) is 16.8. The molecule has 0 spiro atoms. The molecule has 1 rings (SSSR count). The first-order valence-electron chi connectivity index (χ1n) is 6.53. The average Bonchev–Trinajstić information content (AvgIpc) is 2.29. The molecular formula is C14H20F4N2. The van der Waals surface area contributed by atoms with Gasteiger partial charge in [0.2, 0.25) is 0 Å². The minimum atomic E-state index is -4.31. The number of alkyl halides is 3. The fourth-order valence-electron chi connectivity index (χ4n) is 2.09. The first-order chi connectivity index (χ1) is 9.15. The summed E-state index contributed by atoms with van der Waals surface area (Å²) in [5.74, 6) is -0.454. The van der Waals surface area contributed by atoms with Crippen molar-refractivity contribution in [1.82, 2.24) is 0 Å². The summed E-state index contributed by atoms with van der Waals surface area (Å²) in [4.78, 5) is 1.21. The smallest absolute Gasteiger partial charge is 0.362 e. The van der Waals surface area contributed by atoms with Crippen LogP contribution in [-0.4, -0.2) is 19.3 Å². The molecule has 2 nitrogen and oxygen atoms in total. The zero-order chi connectivity index (χ0) is 15.5. The van der Waals surface area contributed by atoms with E-state index in [9.17, 15) is 17.6 Å². The van der Waals surface area contributed by atoms with E-state index in [1.165, 1.54) is 24.0 Å². The lowest BCUT2D eigenvalue weighted by Gasteiger charge is -2.29. The average molecular weight is 292 g/mol. The van der Waals surface area contributed by atoms with E-state index in [1.807, 2.05) is 0 Å². The summed E-state index contributed by atoms with van der Waals surface area (Å²) >= 11 is 0. The molecule has 1 unspecified atom stereocenters. The van der Waals surface area contributed by atoms with Crippen molar-refractivity contribution in [2.75, 3.05) is 18.0 Å². The van der Waals surface area contributed by atoms with Crippen LogP contribution in [-0.2, 0) is 0 Å². The summed E-state index contributed by atoms with van der Waals surface area (Å²) < 4.78 is 51.7. The quantitative estimate of drug-likeness (QED) is 0.833. The van der Waals surface area contributed by atoms with Crippen molar-refractivity contribution in [1.29, 1.82) is 0 Å². The summed E-state index contributed by atoms with van der Waals surface area (Å²) in [7, 11) is 0. The molecule has 0 fully saturated rings. The Morgan fingerprint density at radius 3 is 2.35 bits per heavy atom. The van der Waals surface area contributed by atoms with E-state index in [0.29, 0.717) is 23.2 Å². The molecule has 0 bridgehead atoms. The monoisotopic (exact) mass is 292 g/mol. The van der Waals surface area contributed by atoms with Crippen molar-refractivity contribution < 1.29 is 17.6 Å². The number of aryl methyl sites for hydroxylation is 1. The summed E-state index contributed by atoms with van der Waals surface area (Å²) in [6.45, 7) is 4.13. The Labute approximate surface area is 116 Å². The van der Waals surface area contributed by atoms with Gasteiger partial charge in [-0.3, -0.25) is 0 Å². The Bertz CT molecular complexity index is 455. The second-order valence-electron chi connectivity index (χ2n) is 4.99. The highest BCUT2D eigenvalue weighted by atomic mass is 19.4. The van der Waals surface area contributed by atoms with Gasteiger partial charge in [0, 0.05) is 18.3 Å². The fourth-order valence-corrected chi connectivity index (χ4v) is 2.09. The van der Waals surface area contributed by atoms with Gasteiger partial charge in [0.05, 0.1) is 0 Å². The largest absolute Gasteiger partial charge is 0.405 e. The van der Waals surface area contributed by atoms with Gasteiger partial charge in [-0.15, -0.1) is 0 Å². The topological polar surface area (TPSA) is 29.3 Å². The van der Waals surface area contributed by atoms with Crippen LogP contribution < -0.4 is 10.6 Å². The van der Waals surface area contributed by atoms with Crippen LogP contribution >= 0.6 is 0 Å². The van der Waals surface area contributed by atoms with Crippen molar-refractivity contribution >= 4 is 5.69 Å². The normalized spacial score (nSPS) is 13.4. The van der Waals surface area contributed by atoms with Gasteiger partial charge in [-0.1, -0.05) is 6.92 Å². The molecule has 1 atom stereocenters. The van der Waals surface area contributed by atoms with Crippen LogP contribution in [0.4, 0.5) is 23.2 Å². The highest BCUT2D eigenvalue weighted by molar-refractivity contribution is 5.57. The van der Waals surface area contributed by atoms with Gasteiger partial charge in [0.1, 0.15) is 12.4 Å². The van der Waals surface area contributed by atoms with Gasteiger partial charge in [-0.05, 0) is 43.5 Å². The molecule has 0 aliphatic carbocycles. The van der Waals surface area contributed by atoms with E-state index in [2.05, 4.69) is 0 Å². The maximum atomic E-state index is 13.6. The van der Waals surface area contributed by atoms with Crippen molar-refractivity contribution in [2.45, 2.75) is 39.4 Å². The van der Waals surface area contributed by atoms with Crippen LogP contribution in [0, 0.1) is 12.7 Å². The lowest BCUT2D eigenvalue weighted by atomic mass is 10.0. The van der Waals surface area contributed by atoms with Gasteiger partial charge < -0.3 is 10.6 Å². The van der Waals surface area contributed by atoms with E-state index in [0.717, 1.165) is 0 Å². The minimum Gasteiger partial charge on any atom is -0.362 e. The molecule has 6 heteroatoms. The zero-order valence-electron chi connectivity index (χ0n) is 11.9. The molecule has 1 aromatic carbocycles. The standard InChI is InChI=1S/C14H20F4N2/c1-4-5-20(8-14(16,17)18)13-6-9(2)12(15)7-11(13)10(3)19/h6-7,10H,4-5,8,19H2,1-3H3. The summed E-state index contributed by atoms with van der Waals surface area (Å²) in [6.07, 6.45) is -3.75. The fraction of sp³-hybridized carbons (Fsp3) is 0.571. The highest BCUT2D eigenvalue weighted by Crippen LogP contribution is 2.31. The second kappa shape index (κ2) is 6.43. The number of halogens is 4. The molecule has 0 amide bonds. The first-order valence-corrected chi connectivity index (χ1v) is 6.53. The SMILES string of the molecule is CCCN(CC(F)(F)F)c1cc(C)c(F)cc1C(C)N. The molecule has 0 aliphatic rings. The summed E-state index contributed by atoms with van der Waals surface area (Å²) in [5, 5.41) is 0. The number of hydrogen-bond acceptors (Lipinski definition) is 2. The number of anilines is 1. The van der Waals surface area contributed by atoms with Gasteiger partial charge in [-0.25, -0.2) is 4.39 Å². The number of nitrogens with zero attached hydrogens (tertiary/aromatic N) is 1. The highest BCUT2D eigenvalue weighted by Gasteiger charge is 2.31. The van der Waals surface area contributed by atoms with Gasteiger partial charge in [0.25, 0.3) is 0 Å². The van der Waals surface area contributed by atoms with Crippen LogP contribution in [0.5, 0.6) is 0 Å². The lowest BCUT2D eigenvalue weighted by Crippen LogP contribution is -2.36. The predicted octanol–water partition coefficient (Wildman–Crippen LogP) is 3.93. The van der Waals surface area contributed by atoms with E-state index >= 15 is 0 Å². The Balaban J connectivity index is 3.27. The molecule has 0 aromatic heterocycles. The van der Waals surface area contributed by atoms with Gasteiger partial charge in [-0.2, -0.15) is 13.2 Å². The number of rotatable bonds is 5. The van der Waals surface area contributed by atoms with Gasteiger partial charge >= 0.3 is 6.18 Å². The molecule has 1 aromatic rings. The Morgan fingerprint density at radius 2 is 1.90 bits per heavy atom. The maximum Gasteiger partial charge on any atom is 0.405 e. The molecular weight excluding hydrogens is 272 g/mol. The number of hydrogen-bond donors (Lipinski definition) is 1. The van der Waals surface area contributed by atoms with Crippen molar-refractivity contribution in [3.63, 3.8) is 0 Å². The third-order valence-corrected chi connectivity index (χ3v) is 3.00. The summed E-state index contributed by atoms with van der Waals surface area (Å²) in [6, 6.07) is 2.14. The lowest BCUT2D eigenvalue weighted by molar-refractivity contribution is -0.119. The second-order valence-corrected chi connectivity index (χ2v) is 4.99. The number of benzene rings is 1. The van der Waals surface area contributed by atoms with Crippen LogP contribution in [0.25, 0.3) is 0 Å². The Hall–Kier alpha value is -1.30. The molecule has 20 heavy (non-hydrogen) atoms. The molecule has 0 saturated heterocycles. The maximum absolute atomic E-state index is 13.6. The van der Waals surface area contributed by atoms with E-state index < -0.39 is 24.6 Å². The Morgan fingerprint density at radius 1 is 1.30 bits per heavy atom. The Kier molecular flexibility index (Phi) is 5.39. The molecule has 2 N–H and O–H groups in total. The van der Waals surface area contributed by atoms with E-state index in [4.69, 9.17) is 5.73 Å². The van der Waals surface area contributed by atoms with Crippen LogP contribution in [0.15, 0.2) is 12.1 Å². The van der Waals surface area contributed by atoms with Crippen LogP contribution in [0.2, 0.25) is 0 Å². The molecule has 0 heterocycles. The van der Waals surface area contributed by atoms with Crippen molar-refractivity contribution in [2.24, 2.45) is 5.73 Å². The number of nitrogens with two attached hydrogens (primary N) is 1. The molecule has 0 saturated carbocycles. The third kappa shape index (κ3) is 4.37. The van der Waals surface area contributed by atoms with Crippen molar-refractivity contribution in [3.8, 4) is 0 Å². The third-order valence-electron chi connectivity index (χ3n) is 3.00. The predicted molar refractivity (Wildman–Crippen MR) is 72.3 cm³/mol.